The van der Waals surface area contributed by atoms with Gasteiger partial charge in [-0.3, -0.25) is 4.79 Å². The monoisotopic (exact) mass is 689 g/mol. The molecule has 1 N–H and O–H groups in total. The van der Waals surface area contributed by atoms with Crippen LogP contribution in [0.2, 0.25) is 0 Å². The molecule has 5 nitrogen and oxygen atoms in total. The Bertz CT molecular complexity index is 1580. The van der Waals surface area contributed by atoms with Crippen LogP contribution in [0.25, 0.3) is 0 Å². The predicted molar refractivity (Wildman–Crippen MR) is 139 cm³/mol. The minimum absolute atomic E-state index is 0.169. The number of halogens is 12. The smallest absolute Gasteiger partial charge is 0.461 e. The number of rotatable bonds is 11. The van der Waals surface area contributed by atoms with E-state index < -0.39 is 89.3 Å². The topological polar surface area (TPSA) is 60.1 Å². The largest absolute Gasteiger partial charge is 0.488 e. The third kappa shape index (κ3) is 7.09. The number of amides is 1. The van der Waals surface area contributed by atoms with E-state index in [1.165, 1.54) is 44.2 Å². The maximum atomic E-state index is 15.0. The van der Waals surface area contributed by atoms with Gasteiger partial charge in [0.1, 0.15) is 11.6 Å². The zero-order valence-electron chi connectivity index (χ0n) is 24.0. The molecule has 1 fully saturated rings. The fourth-order valence-electron chi connectivity index (χ4n) is 4.90. The molecular formula is C30H23F12NO4. The van der Waals surface area contributed by atoms with Gasteiger partial charge in [-0.2, -0.15) is 43.9 Å². The van der Waals surface area contributed by atoms with Crippen molar-refractivity contribution in [1.29, 1.82) is 0 Å². The van der Waals surface area contributed by atoms with Crippen LogP contribution in [0.5, 0.6) is 11.5 Å². The molecule has 0 aromatic heterocycles. The second-order valence-corrected chi connectivity index (χ2v) is 10.7. The van der Waals surface area contributed by atoms with Gasteiger partial charge in [0, 0.05) is 12.5 Å². The summed E-state index contributed by atoms with van der Waals surface area (Å²) >= 11 is 0. The highest BCUT2D eigenvalue weighted by Gasteiger charge is 2.89. The summed E-state index contributed by atoms with van der Waals surface area (Å²) in [6, 6.07) is 11.0. The first kappa shape index (κ1) is 35.7. The van der Waals surface area contributed by atoms with Crippen LogP contribution in [-0.4, -0.2) is 48.6 Å². The molecule has 0 saturated carbocycles. The Labute approximate surface area is 258 Å². The average Bonchev–Trinajstić information content (AvgIpc) is 3.72. The van der Waals surface area contributed by atoms with Crippen molar-refractivity contribution in [1.82, 2.24) is 5.32 Å². The quantitative estimate of drug-likeness (QED) is 0.165. The molecule has 1 saturated heterocycles. The normalized spacial score (nSPS) is 17.7. The standard InChI is InChI=1S/C30H23F12NO4/c1-15(2)45-22-12-17(8-9-21(22)32)26(14-16-6-4-3-5-7-16,18-10-19(31)13-20(11-18)46-28(35,36)25(33)34)43-24(44)23-27(47-23,29(37,38)39)30(40,41)42/h3-13,15,23,25H,14H2,1-2H3,(H,43,44)/t23-,26-/m1/s1. The lowest BCUT2D eigenvalue weighted by molar-refractivity contribution is -0.292. The molecule has 0 bridgehead atoms. The Morgan fingerprint density at radius 2 is 1.49 bits per heavy atom. The Hall–Kier alpha value is -4.15. The van der Waals surface area contributed by atoms with E-state index in [9.17, 15) is 53.1 Å². The third-order valence-electron chi connectivity index (χ3n) is 7.00. The summed E-state index contributed by atoms with van der Waals surface area (Å²) in [4.78, 5) is 13.4. The molecule has 0 spiro atoms. The predicted octanol–water partition coefficient (Wildman–Crippen LogP) is 7.85. The van der Waals surface area contributed by atoms with Gasteiger partial charge < -0.3 is 19.5 Å². The summed E-state index contributed by atoms with van der Waals surface area (Å²) in [5, 5.41) is 2.01. The maximum absolute atomic E-state index is 15.0. The van der Waals surface area contributed by atoms with Crippen LogP contribution in [0.4, 0.5) is 52.7 Å². The molecule has 2 atom stereocenters. The highest BCUT2D eigenvalue weighted by atomic mass is 19.4. The van der Waals surface area contributed by atoms with Crippen LogP contribution >= 0.6 is 0 Å². The Balaban J connectivity index is 1.99. The van der Waals surface area contributed by atoms with Crippen molar-refractivity contribution in [2.45, 2.75) is 68.5 Å². The average molecular weight is 689 g/mol. The van der Waals surface area contributed by atoms with Crippen LogP contribution in [0.3, 0.4) is 0 Å². The molecule has 47 heavy (non-hydrogen) atoms. The lowest BCUT2D eigenvalue weighted by Crippen LogP contribution is -2.55. The third-order valence-corrected chi connectivity index (χ3v) is 7.00. The molecule has 0 radical (unpaired) electrons. The summed E-state index contributed by atoms with van der Waals surface area (Å²) < 4.78 is 179. The van der Waals surface area contributed by atoms with E-state index in [2.05, 4.69) is 9.47 Å². The SMILES string of the molecule is CC(C)Oc1cc([C@@](Cc2ccccc2)(NC(=O)[C@H]2OC2(C(F)(F)F)C(F)(F)F)c2cc(F)cc(OC(F)(F)C(F)F)c2)ccc1F. The fourth-order valence-corrected chi connectivity index (χ4v) is 4.90. The van der Waals surface area contributed by atoms with Crippen molar-refractivity contribution < 1.29 is 71.7 Å². The molecule has 1 aliphatic heterocycles. The summed E-state index contributed by atoms with van der Waals surface area (Å²) in [5.74, 6) is -6.32. The fraction of sp³-hybridized carbons (Fsp3) is 0.367. The van der Waals surface area contributed by atoms with Crippen molar-refractivity contribution in [3.8, 4) is 11.5 Å². The molecule has 0 unspecified atom stereocenters. The molecule has 256 valence electrons. The van der Waals surface area contributed by atoms with Gasteiger partial charge in [0.05, 0.1) is 11.6 Å². The zero-order chi connectivity index (χ0) is 35.2. The summed E-state index contributed by atoms with van der Waals surface area (Å²) in [6.07, 6.45) is -26.5. The molecular weight excluding hydrogens is 666 g/mol. The van der Waals surface area contributed by atoms with E-state index in [4.69, 9.17) is 4.74 Å². The molecule has 1 heterocycles. The molecule has 1 amide bonds. The minimum atomic E-state index is -6.15. The van der Waals surface area contributed by atoms with Crippen LogP contribution in [0, 0.1) is 11.6 Å². The van der Waals surface area contributed by atoms with Crippen molar-refractivity contribution in [2.75, 3.05) is 0 Å². The second kappa shape index (κ2) is 12.5. The summed E-state index contributed by atoms with van der Waals surface area (Å²) in [5.41, 5.74) is -8.37. The Morgan fingerprint density at radius 3 is 2.02 bits per heavy atom. The zero-order valence-corrected chi connectivity index (χ0v) is 24.0. The molecule has 1 aliphatic rings. The van der Waals surface area contributed by atoms with E-state index in [0.29, 0.717) is 12.1 Å². The van der Waals surface area contributed by atoms with Gasteiger partial charge >= 0.3 is 24.9 Å². The minimum Gasteiger partial charge on any atom is -0.488 e. The first-order valence-corrected chi connectivity index (χ1v) is 13.4. The van der Waals surface area contributed by atoms with Gasteiger partial charge in [0.2, 0.25) is 0 Å². The Morgan fingerprint density at radius 1 is 0.872 bits per heavy atom. The first-order valence-electron chi connectivity index (χ1n) is 13.4. The number of carbonyl (C=O) groups excluding carboxylic acids is 1. The molecule has 3 aromatic rings. The number of nitrogens with one attached hydrogen (secondary N) is 1. The summed E-state index contributed by atoms with van der Waals surface area (Å²) in [6.45, 7) is 2.95. The van der Waals surface area contributed by atoms with E-state index in [-0.39, 0.29) is 17.2 Å². The van der Waals surface area contributed by atoms with Crippen LogP contribution < -0.4 is 14.8 Å². The molecule has 0 aliphatic carbocycles. The van der Waals surface area contributed by atoms with Gasteiger partial charge in [-0.25, -0.2) is 8.78 Å². The number of hydrogen-bond acceptors (Lipinski definition) is 4. The lowest BCUT2D eigenvalue weighted by atomic mass is 9.77. The van der Waals surface area contributed by atoms with Gasteiger partial charge in [-0.1, -0.05) is 36.4 Å². The van der Waals surface area contributed by atoms with Crippen LogP contribution in [0.15, 0.2) is 66.7 Å². The second-order valence-electron chi connectivity index (χ2n) is 10.7. The number of carbonyl (C=O) groups is 1. The first-order chi connectivity index (χ1) is 21.6. The highest BCUT2D eigenvalue weighted by Crippen LogP contribution is 2.59. The molecule has 3 aromatic carbocycles. The number of ether oxygens (including phenoxy) is 3. The van der Waals surface area contributed by atoms with Gasteiger partial charge in [-0.05, 0) is 54.8 Å². The maximum Gasteiger partial charge on any atom is 0.461 e. The van der Waals surface area contributed by atoms with Crippen molar-refractivity contribution in [2.24, 2.45) is 0 Å². The van der Waals surface area contributed by atoms with Crippen molar-refractivity contribution in [3.05, 3.63) is 95.1 Å². The molecule has 17 heteroatoms. The van der Waals surface area contributed by atoms with Crippen molar-refractivity contribution in [3.63, 3.8) is 0 Å². The summed E-state index contributed by atoms with van der Waals surface area (Å²) in [7, 11) is 0. The van der Waals surface area contributed by atoms with Crippen LogP contribution in [-0.2, 0) is 21.5 Å². The van der Waals surface area contributed by atoms with E-state index in [1.54, 1.807) is 0 Å². The number of epoxide rings is 1. The number of hydrogen-bond donors (Lipinski definition) is 1. The van der Waals surface area contributed by atoms with Gasteiger partial charge in [-0.15, -0.1) is 0 Å². The number of benzene rings is 3. The Kier molecular flexibility index (Phi) is 9.47. The van der Waals surface area contributed by atoms with E-state index in [1.807, 2.05) is 5.32 Å². The van der Waals surface area contributed by atoms with Crippen molar-refractivity contribution >= 4 is 5.91 Å². The van der Waals surface area contributed by atoms with Crippen LogP contribution in [0.1, 0.15) is 30.5 Å². The van der Waals surface area contributed by atoms with Gasteiger partial charge in [0.15, 0.2) is 17.7 Å². The van der Waals surface area contributed by atoms with Gasteiger partial charge in [0.25, 0.3) is 11.5 Å². The van der Waals surface area contributed by atoms with E-state index >= 15 is 4.39 Å². The number of alkyl halides is 10. The van der Waals surface area contributed by atoms with E-state index in [0.717, 1.165) is 18.2 Å². The highest BCUT2D eigenvalue weighted by molar-refractivity contribution is 5.87. The lowest BCUT2D eigenvalue weighted by Gasteiger charge is -2.37. The molecule has 4 rings (SSSR count).